The Morgan fingerprint density at radius 3 is 2.23 bits per heavy atom. The summed E-state index contributed by atoms with van der Waals surface area (Å²) in [5, 5.41) is 5.85. The van der Waals surface area contributed by atoms with Crippen LogP contribution in [-0.4, -0.2) is 49.9 Å². The van der Waals surface area contributed by atoms with Gasteiger partial charge >= 0.3 is 18.4 Å². The van der Waals surface area contributed by atoms with Gasteiger partial charge in [0.2, 0.25) is 0 Å². The van der Waals surface area contributed by atoms with Gasteiger partial charge in [-0.1, -0.05) is 12.1 Å². The van der Waals surface area contributed by atoms with Crippen LogP contribution in [0.1, 0.15) is 41.3 Å². The van der Waals surface area contributed by atoms with E-state index in [1.54, 1.807) is 4.90 Å². The lowest BCUT2D eigenvalue weighted by Crippen LogP contribution is -2.51. The number of hydrazone groups is 1. The Labute approximate surface area is 218 Å². The number of nitrogens with two attached hydrogens (primary N) is 1. The molecule has 1 amide bonds. The van der Waals surface area contributed by atoms with Gasteiger partial charge in [0.25, 0.3) is 0 Å². The largest absolute Gasteiger partial charge is 0.453 e. The predicted octanol–water partition coefficient (Wildman–Crippen LogP) is 4.97. The normalized spacial score (nSPS) is 20.0. The van der Waals surface area contributed by atoms with Crippen LogP contribution in [-0.2, 0) is 26.6 Å². The summed E-state index contributed by atoms with van der Waals surface area (Å²) in [6.07, 6.45) is -13.4. The molecule has 0 unspecified atom stereocenters. The number of nitrogens with one attached hydrogen (secondary N) is 1. The molecule has 1 aliphatic rings. The van der Waals surface area contributed by atoms with Crippen molar-refractivity contribution in [1.82, 2.24) is 10.2 Å². The van der Waals surface area contributed by atoms with Gasteiger partial charge in [-0.3, -0.25) is 10.2 Å². The Morgan fingerprint density at radius 1 is 1.13 bits per heavy atom. The summed E-state index contributed by atoms with van der Waals surface area (Å²) in [5.41, 5.74) is -2.90. The van der Waals surface area contributed by atoms with Crippen molar-refractivity contribution < 1.29 is 49.7 Å². The fourth-order valence-electron chi connectivity index (χ4n) is 3.97. The van der Waals surface area contributed by atoms with Gasteiger partial charge in [-0.05, 0) is 48.4 Å². The first kappa shape index (κ1) is 30.1. The highest BCUT2D eigenvalue weighted by atomic mass is 19.4. The van der Waals surface area contributed by atoms with Crippen LogP contribution < -0.4 is 11.2 Å². The van der Waals surface area contributed by atoms with E-state index in [4.69, 9.17) is 15.3 Å². The van der Waals surface area contributed by atoms with Gasteiger partial charge in [-0.2, -0.15) is 31.4 Å². The van der Waals surface area contributed by atoms with E-state index >= 15 is 0 Å². The van der Waals surface area contributed by atoms with E-state index in [0.717, 1.165) is 19.2 Å². The van der Waals surface area contributed by atoms with Gasteiger partial charge in [0.15, 0.2) is 6.29 Å². The topological polar surface area (TPSA) is 98.4 Å². The van der Waals surface area contributed by atoms with E-state index in [0.29, 0.717) is 17.7 Å². The van der Waals surface area contributed by atoms with Crippen LogP contribution in [0.25, 0.3) is 0 Å². The van der Waals surface area contributed by atoms with Crippen molar-refractivity contribution in [3.05, 3.63) is 70.5 Å². The minimum atomic E-state index is -5.03. The first-order valence-electron chi connectivity index (χ1n) is 11.4. The monoisotopic (exact) mass is 566 g/mol. The molecule has 0 aliphatic carbocycles. The summed E-state index contributed by atoms with van der Waals surface area (Å²) < 4.78 is 110. The molecular weight excluding hydrogens is 541 g/mol. The lowest BCUT2D eigenvalue weighted by atomic mass is 10.0. The molecule has 15 heteroatoms. The molecule has 3 rings (SSSR count). The zero-order valence-corrected chi connectivity index (χ0v) is 20.6. The van der Waals surface area contributed by atoms with Crippen LogP contribution in [0.5, 0.6) is 0 Å². The second kappa shape index (κ2) is 12.2. The SMILES string of the molecule is COC(=O)NC(CN1CCO[C@H](O[C@H](C)c2cc(C(F)(F)F)cc(C(F)(F)F)c2)[C@@H]1c1ccc(F)cc1)=NN. The summed E-state index contributed by atoms with van der Waals surface area (Å²) in [4.78, 5) is 13.3. The molecule has 1 aliphatic heterocycles. The van der Waals surface area contributed by atoms with Crippen LogP contribution in [0.15, 0.2) is 47.6 Å². The van der Waals surface area contributed by atoms with Crippen molar-refractivity contribution >= 4 is 11.9 Å². The fraction of sp³-hybridized carbons (Fsp3) is 0.417. The summed E-state index contributed by atoms with van der Waals surface area (Å²) in [7, 11) is 1.13. The highest BCUT2D eigenvalue weighted by Gasteiger charge is 2.39. The molecular formula is C24H25F7N4O4. The molecule has 214 valence electrons. The van der Waals surface area contributed by atoms with Gasteiger partial charge in [-0.25, -0.2) is 9.18 Å². The highest BCUT2D eigenvalue weighted by molar-refractivity contribution is 5.96. The number of morpholine rings is 1. The van der Waals surface area contributed by atoms with E-state index in [9.17, 15) is 35.5 Å². The molecule has 2 aromatic carbocycles. The van der Waals surface area contributed by atoms with E-state index in [2.05, 4.69) is 15.2 Å². The van der Waals surface area contributed by atoms with Crippen molar-refractivity contribution in [3.63, 3.8) is 0 Å². The van der Waals surface area contributed by atoms with Gasteiger partial charge in [0.1, 0.15) is 11.7 Å². The fourth-order valence-corrected chi connectivity index (χ4v) is 3.97. The molecule has 0 bridgehead atoms. The lowest BCUT2D eigenvalue weighted by molar-refractivity contribution is -0.227. The molecule has 0 saturated carbocycles. The number of nitrogens with zero attached hydrogens (tertiary/aromatic N) is 2. The van der Waals surface area contributed by atoms with Crippen molar-refractivity contribution in [2.24, 2.45) is 10.9 Å². The Bertz CT molecular complexity index is 1140. The molecule has 3 atom stereocenters. The summed E-state index contributed by atoms with van der Waals surface area (Å²) in [6.45, 7) is 1.44. The average molecular weight is 566 g/mol. The Morgan fingerprint density at radius 2 is 1.72 bits per heavy atom. The summed E-state index contributed by atoms with van der Waals surface area (Å²) in [6, 6.07) is 5.48. The molecule has 1 fully saturated rings. The van der Waals surface area contributed by atoms with Gasteiger partial charge in [-0.15, -0.1) is 0 Å². The maximum atomic E-state index is 13.6. The Kier molecular flexibility index (Phi) is 9.40. The molecule has 1 saturated heterocycles. The lowest BCUT2D eigenvalue weighted by Gasteiger charge is -2.42. The number of amidine groups is 1. The van der Waals surface area contributed by atoms with E-state index in [1.165, 1.54) is 19.1 Å². The highest BCUT2D eigenvalue weighted by Crippen LogP contribution is 2.39. The van der Waals surface area contributed by atoms with Crippen LogP contribution >= 0.6 is 0 Å². The van der Waals surface area contributed by atoms with E-state index in [1.807, 2.05) is 0 Å². The van der Waals surface area contributed by atoms with E-state index < -0.39 is 53.8 Å². The molecule has 8 nitrogen and oxygen atoms in total. The minimum Gasteiger partial charge on any atom is -0.453 e. The zero-order valence-electron chi connectivity index (χ0n) is 20.6. The number of hydrogen-bond donors (Lipinski definition) is 2. The van der Waals surface area contributed by atoms with Gasteiger partial charge < -0.3 is 20.1 Å². The van der Waals surface area contributed by atoms with Gasteiger partial charge in [0.05, 0.1) is 43.5 Å². The number of carbonyl (C=O) groups is 1. The predicted molar refractivity (Wildman–Crippen MR) is 124 cm³/mol. The minimum absolute atomic E-state index is 0.0182. The van der Waals surface area contributed by atoms with Crippen molar-refractivity contribution in [1.29, 1.82) is 0 Å². The van der Waals surface area contributed by atoms with Crippen LogP contribution in [0.4, 0.5) is 35.5 Å². The number of hydrogen-bond acceptors (Lipinski definition) is 7. The number of carbonyl (C=O) groups excluding carboxylic acids is 1. The number of halogens is 7. The quantitative estimate of drug-likeness (QED) is 0.169. The number of amides is 1. The smallest absolute Gasteiger partial charge is 0.416 e. The second-order valence-electron chi connectivity index (χ2n) is 8.52. The van der Waals surface area contributed by atoms with Crippen LogP contribution in [0.3, 0.4) is 0 Å². The number of benzene rings is 2. The number of alkyl halides is 6. The van der Waals surface area contributed by atoms with Crippen LogP contribution in [0.2, 0.25) is 0 Å². The third kappa shape index (κ3) is 7.80. The first-order chi connectivity index (χ1) is 18.2. The molecule has 39 heavy (non-hydrogen) atoms. The van der Waals surface area contributed by atoms with Crippen molar-refractivity contribution in [2.75, 3.05) is 26.8 Å². The molecule has 0 radical (unpaired) electrons. The van der Waals surface area contributed by atoms with E-state index in [-0.39, 0.29) is 37.2 Å². The first-order valence-corrected chi connectivity index (χ1v) is 11.4. The number of rotatable bonds is 6. The molecule has 0 aromatic heterocycles. The Balaban J connectivity index is 1.95. The third-order valence-electron chi connectivity index (χ3n) is 5.88. The second-order valence-corrected chi connectivity index (χ2v) is 8.52. The molecule has 0 spiro atoms. The number of alkyl carbamates (subject to hydrolysis) is 1. The van der Waals surface area contributed by atoms with Crippen LogP contribution in [0, 0.1) is 5.82 Å². The molecule has 1 heterocycles. The van der Waals surface area contributed by atoms with Crippen molar-refractivity contribution in [2.45, 2.75) is 37.7 Å². The van der Waals surface area contributed by atoms with Gasteiger partial charge in [0, 0.05) is 6.54 Å². The third-order valence-corrected chi connectivity index (χ3v) is 5.88. The number of ether oxygens (including phenoxy) is 3. The molecule has 2 aromatic rings. The zero-order chi connectivity index (χ0) is 29.0. The number of methoxy groups -OCH3 is 1. The van der Waals surface area contributed by atoms with Crippen molar-refractivity contribution in [3.8, 4) is 0 Å². The molecule has 3 N–H and O–H groups in total. The maximum absolute atomic E-state index is 13.6. The standard InChI is InChI=1S/C24H25F7N4O4/c1-13(15-9-16(23(26,27)28)11-17(10-15)24(29,30)31)39-21-20(14-3-5-18(25)6-4-14)35(7-8-38-21)12-19(34-32)33-22(36)37-2/h3-6,9-11,13,20-21H,7-8,12,32H2,1-2H3,(H,33,34,36)/t13-,20+,21-/m1/s1. The maximum Gasteiger partial charge on any atom is 0.416 e. The summed E-state index contributed by atoms with van der Waals surface area (Å²) >= 11 is 0. The Hall–Kier alpha value is -3.43. The average Bonchev–Trinajstić information content (AvgIpc) is 2.87. The summed E-state index contributed by atoms with van der Waals surface area (Å²) in [5.74, 6) is 4.82.